The van der Waals surface area contributed by atoms with Gasteiger partial charge in [-0.05, 0) is 79.5 Å². The van der Waals surface area contributed by atoms with Gasteiger partial charge in [-0.15, -0.1) is 0 Å². The Kier molecular flexibility index (Phi) is 10.7. The fourth-order valence-corrected chi connectivity index (χ4v) is 9.93. The Hall–Kier alpha value is -2.83. The zero-order chi connectivity index (χ0) is 32.2. The van der Waals surface area contributed by atoms with E-state index in [0.717, 1.165) is 5.56 Å². The molecule has 0 bridgehead atoms. The fourth-order valence-electron chi connectivity index (χ4n) is 6.60. The number of benzene rings is 3. The summed E-state index contributed by atoms with van der Waals surface area (Å²) in [6, 6.07) is 19.7. The molecule has 3 aromatic rings. The molecule has 8 nitrogen and oxygen atoms in total. The summed E-state index contributed by atoms with van der Waals surface area (Å²) in [5.41, 5.74) is 1.55. The third-order valence-corrected chi connectivity index (χ3v) is 13.0. The molecule has 45 heavy (non-hydrogen) atoms. The summed E-state index contributed by atoms with van der Waals surface area (Å²) in [4.78, 5) is 14.0. The van der Waals surface area contributed by atoms with Crippen LogP contribution in [-0.2, 0) is 31.1 Å². The summed E-state index contributed by atoms with van der Waals surface area (Å²) in [6.45, 7) is 3.06. The smallest absolute Gasteiger partial charge is 0.243 e. The number of hydrogen-bond donors (Lipinski definition) is 2. The second kappa shape index (κ2) is 14.3. The Morgan fingerprint density at radius 3 is 2.42 bits per heavy atom. The van der Waals surface area contributed by atoms with Crippen molar-refractivity contribution in [3.05, 3.63) is 94.8 Å². The Labute approximate surface area is 270 Å². The number of sulfone groups is 1. The molecule has 2 N–H and O–H groups in total. The molecule has 2 heterocycles. The number of halogens is 2. The lowest BCUT2D eigenvalue weighted by Gasteiger charge is -2.35. The molecular formula is C33H39ClFN3O5S2. The lowest BCUT2D eigenvalue weighted by molar-refractivity contribution is -0.120. The SMILES string of the molecule is C[C@H](C(=O)Nc1cccc(F)c1CC[C@H]1CNCCN1S(=O)(=O)c1ccccc1)[C@@H](c1ccc(Cl)cc1)C1CCS(=O)(=O)CC1. The Bertz CT molecular complexity index is 1690. The molecule has 2 aliphatic heterocycles. The third kappa shape index (κ3) is 7.94. The largest absolute Gasteiger partial charge is 0.325 e. The average Bonchev–Trinajstić information content (AvgIpc) is 3.03. The molecule has 0 radical (unpaired) electrons. The molecule has 0 aliphatic carbocycles. The summed E-state index contributed by atoms with van der Waals surface area (Å²) in [5, 5.41) is 6.77. The van der Waals surface area contributed by atoms with Crippen molar-refractivity contribution >= 4 is 43.1 Å². The highest BCUT2D eigenvalue weighted by Crippen LogP contribution is 2.40. The number of sulfonamides is 1. The van der Waals surface area contributed by atoms with Crippen molar-refractivity contribution in [2.45, 2.75) is 49.5 Å². The molecule has 0 unspecified atom stereocenters. The van der Waals surface area contributed by atoms with Gasteiger partial charge in [-0.25, -0.2) is 21.2 Å². The number of carbonyl (C=O) groups excluding carboxylic acids is 1. The van der Waals surface area contributed by atoms with Crippen molar-refractivity contribution in [1.29, 1.82) is 0 Å². The van der Waals surface area contributed by atoms with E-state index < -0.39 is 37.6 Å². The van der Waals surface area contributed by atoms with E-state index in [1.165, 1.54) is 16.4 Å². The number of rotatable bonds is 10. The minimum atomic E-state index is -3.74. The zero-order valence-corrected chi connectivity index (χ0v) is 27.6. The third-order valence-electron chi connectivity index (χ3n) is 9.06. The predicted octanol–water partition coefficient (Wildman–Crippen LogP) is 5.26. The number of hydrogen-bond acceptors (Lipinski definition) is 6. The van der Waals surface area contributed by atoms with Crippen LogP contribution in [-0.4, -0.2) is 64.2 Å². The van der Waals surface area contributed by atoms with Crippen LogP contribution in [0.2, 0.25) is 5.02 Å². The van der Waals surface area contributed by atoms with Gasteiger partial charge in [0.2, 0.25) is 15.9 Å². The highest BCUT2D eigenvalue weighted by Gasteiger charge is 2.37. The molecule has 2 fully saturated rings. The highest BCUT2D eigenvalue weighted by molar-refractivity contribution is 7.91. The molecule has 5 rings (SSSR count). The van der Waals surface area contributed by atoms with E-state index in [1.54, 1.807) is 48.5 Å². The molecule has 2 saturated heterocycles. The van der Waals surface area contributed by atoms with Crippen LogP contribution in [0.25, 0.3) is 0 Å². The molecule has 242 valence electrons. The van der Waals surface area contributed by atoms with Crippen LogP contribution in [0.1, 0.15) is 43.2 Å². The maximum absolute atomic E-state index is 15.3. The summed E-state index contributed by atoms with van der Waals surface area (Å²) in [6.07, 6.45) is 1.47. The molecule has 2 aliphatic rings. The van der Waals surface area contributed by atoms with E-state index in [2.05, 4.69) is 10.6 Å². The molecular weight excluding hydrogens is 637 g/mol. The molecule has 0 saturated carbocycles. The van der Waals surface area contributed by atoms with Crippen LogP contribution < -0.4 is 10.6 Å². The van der Waals surface area contributed by atoms with Gasteiger partial charge in [-0.2, -0.15) is 4.31 Å². The normalized spacial score (nSPS) is 20.7. The molecule has 0 spiro atoms. The second-order valence-electron chi connectivity index (χ2n) is 11.9. The van der Waals surface area contributed by atoms with Gasteiger partial charge in [0.1, 0.15) is 15.7 Å². The molecule has 3 aromatic carbocycles. The number of carbonyl (C=O) groups is 1. The van der Waals surface area contributed by atoms with Gasteiger partial charge in [0, 0.05) is 47.9 Å². The van der Waals surface area contributed by atoms with E-state index in [4.69, 9.17) is 11.6 Å². The Morgan fingerprint density at radius 1 is 1.04 bits per heavy atom. The van der Waals surface area contributed by atoms with Crippen LogP contribution in [0.5, 0.6) is 0 Å². The minimum Gasteiger partial charge on any atom is -0.325 e. The van der Waals surface area contributed by atoms with E-state index >= 15 is 4.39 Å². The van der Waals surface area contributed by atoms with Gasteiger partial charge in [-0.3, -0.25) is 4.79 Å². The summed E-state index contributed by atoms with van der Waals surface area (Å²) in [5.74, 6) is -1.47. The number of anilines is 1. The molecule has 3 atom stereocenters. The number of nitrogens with zero attached hydrogens (tertiary/aromatic N) is 1. The Morgan fingerprint density at radius 2 is 1.73 bits per heavy atom. The Balaban J connectivity index is 1.34. The molecule has 0 aromatic heterocycles. The fraction of sp³-hybridized carbons (Fsp3) is 0.424. The van der Waals surface area contributed by atoms with Gasteiger partial charge in [-0.1, -0.05) is 54.9 Å². The van der Waals surface area contributed by atoms with Crippen molar-refractivity contribution in [1.82, 2.24) is 9.62 Å². The maximum Gasteiger partial charge on any atom is 0.243 e. The maximum atomic E-state index is 15.3. The van der Waals surface area contributed by atoms with Crippen LogP contribution in [0.15, 0.2) is 77.7 Å². The van der Waals surface area contributed by atoms with Gasteiger partial charge in [0.05, 0.1) is 16.4 Å². The second-order valence-corrected chi connectivity index (χ2v) is 16.6. The predicted molar refractivity (Wildman–Crippen MR) is 175 cm³/mol. The number of piperazine rings is 1. The zero-order valence-electron chi connectivity index (χ0n) is 25.2. The first-order valence-corrected chi connectivity index (χ1v) is 18.9. The number of nitrogens with one attached hydrogen (secondary N) is 2. The van der Waals surface area contributed by atoms with Crippen molar-refractivity contribution in [3.63, 3.8) is 0 Å². The van der Waals surface area contributed by atoms with E-state index in [1.807, 2.05) is 19.1 Å². The lowest BCUT2D eigenvalue weighted by Crippen LogP contribution is -2.53. The van der Waals surface area contributed by atoms with E-state index in [-0.39, 0.29) is 40.6 Å². The quantitative estimate of drug-likeness (QED) is 0.303. The van der Waals surface area contributed by atoms with Crippen LogP contribution in [0.4, 0.5) is 10.1 Å². The molecule has 12 heteroatoms. The summed E-state index contributed by atoms with van der Waals surface area (Å²) < 4.78 is 68.0. The first-order valence-electron chi connectivity index (χ1n) is 15.3. The van der Waals surface area contributed by atoms with Gasteiger partial charge < -0.3 is 10.6 Å². The lowest BCUT2D eigenvalue weighted by atomic mass is 9.74. The van der Waals surface area contributed by atoms with Gasteiger partial charge in [0.15, 0.2) is 0 Å². The van der Waals surface area contributed by atoms with Gasteiger partial charge >= 0.3 is 0 Å². The standard InChI is InChI=1S/C33H39ClFN3O5S2/c1-23(32(24-10-12-26(34)13-11-24)25-16-20-44(40,41)21-17-25)33(39)37-31-9-5-8-30(35)29(31)15-14-27-22-36-18-19-38(27)45(42,43)28-6-3-2-4-7-28/h2-13,23,25,27,32,36H,14-22H2,1H3,(H,37,39)/t23-,27-,32-/m0/s1. The van der Waals surface area contributed by atoms with Crippen molar-refractivity contribution < 1.29 is 26.0 Å². The first-order chi connectivity index (χ1) is 21.5. The average molecular weight is 676 g/mol. The van der Waals surface area contributed by atoms with Gasteiger partial charge in [0.25, 0.3) is 0 Å². The van der Waals surface area contributed by atoms with Crippen molar-refractivity contribution in [2.24, 2.45) is 11.8 Å². The van der Waals surface area contributed by atoms with Crippen molar-refractivity contribution in [3.8, 4) is 0 Å². The minimum absolute atomic E-state index is 0.0289. The highest BCUT2D eigenvalue weighted by atomic mass is 35.5. The van der Waals surface area contributed by atoms with E-state index in [0.29, 0.717) is 55.2 Å². The molecule has 1 amide bonds. The van der Waals surface area contributed by atoms with E-state index in [9.17, 15) is 21.6 Å². The van der Waals surface area contributed by atoms with Crippen LogP contribution >= 0.6 is 11.6 Å². The topological polar surface area (TPSA) is 113 Å². The summed E-state index contributed by atoms with van der Waals surface area (Å²) in [7, 11) is -6.84. The first kappa shape index (κ1) is 33.5. The monoisotopic (exact) mass is 675 g/mol. The number of amides is 1. The van der Waals surface area contributed by atoms with Crippen LogP contribution in [0.3, 0.4) is 0 Å². The van der Waals surface area contributed by atoms with Crippen LogP contribution in [0, 0.1) is 17.7 Å². The van der Waals surface area contributed by atoms with Crippen molar-refractivity contribution in [2.75, 3.05) is 36.5 Å². The summed E-state index contributed by atoms with van der Waals surface area (Å²) >= 11 is 6.14.